The Kier molecular flexibility index (Phi) is 6.08. The first-order valence-electron chi connectivity index (χ1n) is 9.01. The molecule has 2 amide bonds. The molecule has 0 aliphatic carbocycles. The van der Waals surface area contributed by atoms with Crippen LogP contribution in [0.4, 0.5) is 5.00 Å². The SMILES string of the molecule is NC(=O)c1ccsc1NC(=O)CSc1nc2ccccc2c(=O)n1-c1cccc(Cl)c1. The number of nitrogens with zero attached hydrogens (tertiary/aromatic N) is 2. The molecule has 4 rings (SSSR count). The number of halogens is 1. The Morgan fingerprint density at radius 3 is 2.74 bits per heavy atom. The minimum atomic E-state index is -0.616. The Hall–Kier alpha value is -3.14. The summed E-state index contributed by atoms with van der Waals surface area (Å²) >= 11 is 8.43. The van der Waals surface area contributed by atoms with E-state index >= 15 is 0 Å². The number of primary amides is 1. The normalized spacial score (nSPS) is 10.9. The second-order valence-electron chi connectivity index (χ2n) is 6.40. The van der Waals surface area contributed by atoms with Crippen molar-refractivity contribution in [3.05, 3.63) is 80.9 Å². The van der Waals surface area contributed by atoms with Crippen molar-refractivity contribution < 1.29 is 9.59 Å². The number of anilines is 1. The number of para-hydroxylation sites is 1. The number of nitrogens with two attached hydrogens (primary N) is 1. The van der Waals surface area contributed by atoms with Crippen molar-refractivity contribution in [2.75, 3.05) is 11.1 Å². The van der Waals surface area contributed by atoms with Crippen LogP contribution in [0.3, 0.4) is 0 Å². The van der Waals surface area contributed by atoms with Gasteiger partial charge in [-0.2, -0.15) is 0 Å². The topological polar surface area (TPSA) is 107 Å². The zero-order valence-electron chi connectivity index (χ0n) is 15.9. The van der Waals surface area contributed by atoms with Gasteiger partial charge in [-0.1, -0.05) is 41.6 Å². The second-order valence-corrected chi connectivity index (χ2v) is 8.69. The van der Waals surface area contributed by atoms with Crippen molar-refractivity contribution in [1.82, 2.24) is 9.55 Å². The highest BCUT2D eigenvalue weighted by Crippen LogP contribution is 2.25. The number of nitrogens with one attached hydrogen (secondary N) is 1. The van der Waals surface area contributed by atoms with Crippen LogP contribution >= 0.6 is 34.7 Å². The number of amides is 2. The molecule has 2 aromatic carbocycles. The van der Waals surface area contributed by atoms with Gasteiger partial charge in [0.1, 0.15) is 5.00 Å². The minimum Gasteiger partial charge on any atom is -0.366 e. The maximum Gasteiger partial charge on any atom is 0.266 e. The van der Waals surface area contributed by atoms with Gasteiger partial charge in [-0.05, 0) is 41.8 Å². The van der Waals surface area contributed by atoms with E-state index < -0.39 is 5.91 Å². The fourth-order valence-electron chi connectivity index (χ4n) is 2.94. The van der Waals surface area contributed by atoms with Gasteiger partial charge in [0.2, 0.25) is 5.91 Å². The first kappa shape index (κ1) is 21.1. The van der Waals surface area contributed by atoms with Gasteiger partial charge in [0.05, 0.1) is 27.9 Å². The summed E-state index contributed by atoms with van der Waals surface area (Å²) in [5, 5.41) is 6.02. The number of thiophene rings is 1. The van der Waals surface area contributed by atoms with Gasteiger partial charge >= 0.3 is 0 Å². The maximum absolute atomic E-state index is 13.2. The van der Waals surface area contributed by atoms with Crippen LogP contribution in [0.5, 0.6) is 0 Å². The third-order valence-electron chi connectivity index (χ3n) is 4.33. The molecule has 3 N–H and O–H groups in total. The molecule has 10 heteroatoms. The predicted molar refractivity (Wildman–Crippen MR) is 125 cm³/mol. The number of carbonyl (C=O) groups excluding carboxylic acids is 2. The predicted octanol–water partition coefficient (Wildman–Crippen LogP) is 3.93. The molecular formula is C21H15ClN4O3S2. The lowest BCUT2D eigenvalue weighted by Crippen LogP contribution is -2.23. The Morgan fingerprint density at radius 2 is 1.97 bits per heavy atom. The molecule has 0 unspecified atom stereocenters. The van der Waals surface area contributed by atoms with Gasteiger partial charge in [-0.25, -0.2) is 4.98 Å². The van der Waals surface area contributed by atoms with Crippen molar-refractivity contribution in [3.8, 4) is 5.69 Å². The molecule has 2 heterocycles. The van der Waals surface area contributed by atoms with Gasteiger partial charge in [0, 0.05) is 5.02 Å². The van der Waals surface area contributed by atoms with Crippen LogP contribution in [0, 0.1) is 0 Å². The van der Waals surface area contributed by atoms with E-state index in [2.05, 4.69) is 10.3 Å². The summed E-state index contributed by atoms with van der Waals surface area (Å²) < 4.78 is 1.44. The van der Waals surface area contributed by atoms with Gasteiger partial charge < -0.3 is 11.1 Å². The van der Waals surface area contributed by atoms with Crippen molar-refractivity contribution in [3.63, 3.8) is 0 Å². The number of thioether (sulfide) groups is 1. The van der Waals surface area contributed by atoms with E-state index in [9.17, 15) is 14.4 Å². The third-order valence-corrected chi connectivity index (χ3v) is 6.33. The number of rotatable bonds is 6. The van der Waals surface area contributed by atoms with Crippen LogP contribution in [-0.4, -0.2) is 27.1 Å². The summed E-state index contributed by atoms with van der Waals surface area (Å²) in [4.78, 5) is 41.7. The smallest absolute Gasteiger partial charge is 0.266 e. The summed E-state index contributed by atoms with van der Waals surface area (Å²) in [5.41, 5.74) is 6.39. The third kappa shape index (κ3) is 4.48. The Labute approximate surface area is 189 Å². The van der Waals surface area contributed by atoms with Crippen LogP contribution in [0.1, 0.15) is 10.4 Å². The fourth-order valence-corrected chi connectivity index (χ4v) is 4.75. The number of hydrogen-bond acceptors (Lipinski definition) is 6. The molecule has 4 aromatic rings. The molecule has 0 atom stereocenters. The standard InChI is InChI=1S/C21H15ClN4O3S2/c22-12-4-3-5-13(10-12)26-20(29)14-6-1-2-7-16(14)24-21(26)31-11-17(27)25-19-15(18(23)28)8-9-30-19/h1-10H,11H2,(H2,23,28)(H,25,27). The van der Waals surface area contributed by atoms with E-state index in [1.807, 2.05) is 0 Å². The highest BCUT2D eigenvalue weighted by atomic mass is 35.5. The van der Waals surface area contributed by atoms with E-state index in [4.69, 9.17) is 17.3 Å². The lowest BCUT2D eigenvalue weighted by Gasteiger charge is -2.13. The average Bonchev–Trinajstić information content (AvgIpc) is 3.21. The van der Waals surface area contributed by atoms with Crippen molar-refractivity contribution in [2.45, 2.75) is 5.16 Å². The van der Waals surface area contributed by atoms with E-state index in [1.165, 1.54) is 15.9 Å². The van der Waals surface area contributed by atoms with Crippen LogP contribution in [0.2, 0.25) is 5.02 Å². The number of hydrogen-bond donors (Lipinski definition) is 2. The number of benzene rings is 2. The highest BCUT2D eigenvalue weighted by Gasteiger charge is 2.17. The molecule has 0 spiro atoms. The lowest BCUT2D eigenvalue weighted by molar-refractivity contribution is -0.113. The fraction of sp³-hybridized carbons (Fsp3) is 0.0476. The minimum absolute atomic E-state index is 0.0263. The van der Waals surface area contributed by atoms with Crippen LogP contribution in [0.15, 0.2) is 69.9 Å². The first-order valence-corrected chi connectivity index (χ1v) is 11.3. The number of aromatic nitrogens is 2. The summed E-state index contributed by atoms with van der Waals surface area (Å²) in [6.45, 7) is 0. The van der Waals surface area contributed by atoms with Crippen molar-refractivity contribution in [1.29, 1.82) is 0 Å². The van der Waals surface area contributed by atoms with Crippen LogP contribution in [0.25, 0.3) is 16.6 Å². The van der Waals surface area contributed by atoms with Crippen molar-refractivity contribution in [2.24, 2.45) is 5.73 Å². The highest BCUT2D eigenvalue weighted by molar-refractivity contribution is 7.99. The van der Waals surface area contributed by atoms with E-state index in [-0.39, 0.29) is 22.8 Å². The molecule has 0 radical (unpaired) electrons. The van der Waals surface area contributed by atoms with Gasteiger partial charge in [0.25, 0.3) is 11.5 Å². The molecule has 0 aliphatic heterocycles. The summed E-state index contributed by atoms with van der Waals surface area (Å²) in [6.07, 6.45) is 0. The van der Waals surface area contributed by atoms with Crippen LogP contribution in [-0.2, 0) is 4.79 Å². The van der Waals surface area contributed by atoms with E-state index in [0.717, 1.165) is 11.8 Å². The van der Waals surface area contributed by atoms with Gasteiger partial charge in [-0.3, -0.25) is 19.0 Å². The molecule has 0 saturated carbocycles. The van der Waals surface area contributed by atoms with Gasteiger partial charge in [-0.15, -0.1) is 11.3 Å². The quantitative estimate of drug-likeness (QED) is 0.328. The number of carbonyl (C=O) groups is 2. The Balaban J connectivity index is 1.67. The molecule has 156 valence electrons. The molecule has 0 fully saturated rings. The summed E-state index contributed by atoms with van der Waals surface area (Å²) in [6, 6.07) is 15.4. The molecular weight excluding hydrogens is 456 g/mol. The molecule has 31 heavy (non-hydrogen) atoms. The zero-order chi connectivity index (χ0) is 22.0. The van der Waals surface area contributed by atoms with Gasteiger partial charge in [0.15, 0.2) is 5.16 Å². The largest absolute Gasteiger partial charge is 0.366 e. The Bertz CT molecular complexity index is 1370. The zero-order valence-corrected chi connectivity index (χ0v) is 18.3. The monoisotopic (exact) mass is 470 g/mol. The maximum atomic E-state index is 13.2. The first-order chi connectivity index (χ1) is 14.9. The average molecular weight is 471 g/mol. The molecule has 0 bridgehead atoms. The Morgan fingerprint density at radius 1 is 1.16 bits per heavy atom. The van der Waals surface area contributed by atoms with E-state index in [1.54, 1.807) is 60.0 Å². The molecule has 7 nitrogen and oxygen atoms in total. The summed E-state index contributed by atoms with van der Waals surface area (Å²) in [5.74, 6) is -0.994. The van der Waals surface area contributed by atoms with Crippen molar-refractivity contribution >= 4 is 62.4 Å². The molecule has 0 saturated heterocycles. The molecule has 0 aliphatic rings. The molecule has 2 aromatic heterocycles. The van der Waals surface area contributed by atoms with E-state index in [0.29, 0.717) is 31.8 Å². The summed E-state index contributed by atoms with van der Waals surface area (Å²) in [7, 11) is 0. The number of fused-ring (bicyclic) bond motifs is 1. The lowest BCUT2D eigenvalue weighted by atomic mass is 10.2. The second kappa shape index (κ2) is 8.93. The van der Waals surface area contributed by atoms with Crippen LogP contribution < -0.4 is 16.6 Å².